The van der Waals surface area contributed by atoms with Crippen LogP contribution in [0.1, 0.15) is 49.1 Å². The minimum Gasteiger partial charge on any atom is -0.317 e. The van der Waals surface area contributed by atoms with Crippen LogP contribution < -0.4 is 10.0 Å². The Labute approximate surface area is 126 Å². The predicted octanol–water partition coefficient (Wildman–Crippen LogP) is 2.43. The summed E-state index contributed by atoms with van der Waals surface area (Å²) in [6, 6.07) is 2.05. The molecule has 0 amide bonds. The first-order valence-electron chi connectivity index (χ1n) is 7.39. The zero-order valence-electron chi connectivity index (χ0n) is 12.0. The van der Waals surface area contributed by atoms with Gasteiger partial charge in [0.25, 0.3) is 0 Å². The lowest BCUT2D eigenvalue weighted by Gasteiger charge is -2.23. The van der Waals surface area contributed by atoms with Gasteiger partial charge in [0.2, 0.25) is 10.0 Å². The summed E-state index contributed by atoms with van der Waals surface area (Å²) in [7, 11) is -3.17. The SMILES string of the molecule is CCCNCCCS(=O)(=O)NC1CCCc2sccc21. The summed E-state index contributed by atoms with van der Waals surface area (Å²) in [6.07, 6.45) is 4.81. The van der Waals surface area contributed by atoms with Gasteiger partial charge in [-0.1, -0.05) is 6.92 Å². The number of hydrogen-bond acceptors (Lipinski definition) is 4. The Kier molecular flexibility index (Phi) is 6.01. The number of nitrogens with one attached hydrogen (secondary N) is 2. The van der Waals surface area contributed by atoms with Gasteiger partial charge in [-0.05, 0) is 62.2 Å². The third-order valence-electron chi connectivity index (χ3n) is 3.57. The van der Waals surface area contributed by atoms with E-state index < -0.39 is 10.0 Å². The predicted molar refractivity (Wildman–Crippen MR) is 84.7 cm³/mol. The van der Waals surface area contributed by atoms with Crippen LogP contribution in [0.3, 0.4) is 0 Å². The van der Waals surface area contributed by atoms with Crippen molar-refractivity contribution >= 4 is 21.4 Å². The van der Waals surface area contributed by atoms with Crippen molar-refractivity contribution in [2.24, 2.45) is 0 Å². The fourth-order valence-electron chi connectivity index (χ4n) is 2.57. The number of hydrogen-bond donors (Lipinski definition) is 2. The van der Waals surface area contributed by atoms with Crippen molar-refractivity contribution in [2.75, 3.05) is 18.8 Å². The minimum absolute atomic E-state index is 0.0152. The molecule has 0 saturated heterocycles. The van der Waals surface area contributed by atoms with E-state index in [1.807, 2.05) is 0 Å². The topological polar surface area (TPSA) is 58.2 Å². The maximum Gasteiger partial charge on any atom is 0.212 e. The zero-order chi connectivity index (χ0) is 14.4. The Hall–Kier alpha value is -0.430. The van der Waals surface area contributed by atoms with Crippen LogP contribution >= 0.6 is 11.3 Å². The molecule has 0 aromatic carbocycles. The van der Waals surface area contributed by atoms with Gasteiger partial charge in [-0.25, -0.2) is 13.1 Å². The van der Waals surface area contributed by atoms with Crippen LogP contribution in [0.4, 0.5) is 0 Å². The van der Waals surface area contributed by atoms with Gasteiger partial charge in [-0.2, -0.15) is 0 Å². The fourth-order valence-corrected chi connectivity index (χ4v) is 4.88. The van der Waals surface area contributed by atoms with Gasteiger partial charge >= 0.3 is 0 Å². The highest BCUT2D eigenvalue weighted by Crippen LogP contribution is 2.33. The average molecular weight is 316 g/mol. The zero-order valence-corrected chi connectivity index (χ0v) is 13.7. The molecule has 1 aromatic rings. The molecule has 0 bridgehead atoms. The Morgan fingerprint density at radius 2 is 2.25 bits per heavy atom. The fraction of sp³-hybridized carbons (Fsp3) is 0.714. The smallest absolute Gasteiger partial charge is 0.212 e. The molecule has 0 fully saturated rings. The first-order chi connectivity index (χ1) is 9.62. The Morgan fingerprint density at radius 1 is 1.40 bits per heavy atom. The standard InChI is InChI=1S/C14H24N2O2S2/c1-2-8-15-9-4-11-20(17,18)16-13-5-3-6-14-12(13)7-10-19-14/h7,10,13,15-16H,2-6,8-9,11H2,1H3. The molecule has 0 radical (unpaired) electrons. The van der Waals surface area contributed by atoms with Gasteiger partial charge < -0.3 is 5.32 Å². The summed E-state index contributed by atoms with van der Waals surface area (Å²) in [4.78, 5) is 1.34. The maximum absolute atomic E-state index is 12.1. The highest BCUT2D eigenvalue weighted by atomic mass is 32.2. The van der Waals surface area contributed by atoms with Crippen molar-refractivity contribution in [2.45, 2.75) is 45.1 Å². The second kappa shape index (κ2) is 7.54. The molecule has 1 unspecified atom stereocenters. The van der Waals surface area contributed by atoms with Gasteiger partial charge in [-0.3, -0.25) is 0 Å². The molecule has 0 aliphatic heterocycles. The second-order valence-electron chi connectivity index (χ2n) is 5.28. The van der Waals surface area contributed by atoms with Crippen LogP contribution in [0.5, 0.6) is 0 Å². The summed E-state index contributed by atoms with van der Waals surface area (Å²) in [6.45, 7) is 3.82. The van der Waals surface area contributed by atoms with E-state index >= 15 is 0 Å². The molecule has 1 aromatic heterocycles. The Morgan fingerprint density at radius 3 is 3.05 bits per heavy atom. The molecule has 1 heterocycles. The van der Waals surface area contributed by atoms with E-state index in [1.165, 1.54) is 10.4 Å². The lowest BCUT2D eigenvalue weighted by Crippen LogP contribution is -2.33. The number of sulfonamides is 1. The van der Waals surface area contributed by atoms with Crippen molar-refractivity contribution in [1.82, 2.24) is 10.0 Å². The third kappa shape index (κ3) is 4.55. The van der Waals surface area contributed by atoms with Crippen LogP contribution in [-0.2, 0) is 16.4 Å². The maximum atomic E-state index is 12.1. The monoisotopic (exact) mass is 316 g/mol. The first kappa shape index (κ1) is 15.9. The highest BCUT2D eigenvalue weighted by molar-refractivity contribution is 7.89. The number of aryl methyl sites for hydroxylation is 1. The van der Waals surface area contributed by atoms with Gasteiger partial charge in [-0.15, -0.1) is 11.3 Å². The first-order valence-corrected chi connectivity index (χ1v) is 9.92. The summed E-state index contributed by atoms with van der Waals surface area (Å²) < 4.78 is 27.1. The van der Waals surface area contributed by atoms with Gasteiger partial charge in [0.1, 0.15) is 0 Å². The lowest BCUT2D eigenvalue weighted by molar-refractivity contribution is 0.509. The number of rotatable bonds is 8. The quantitative estimate of drug-likeness (QED) is 0.724. The third-order valence-corrected chi connectivity index (χ3v) is 6.03. The molecule has 20 heavy (non-hydrogen) atoms. The minimum atomic E-state index is -3.17. The van der Waals surface area contributed by atoms with Crippen LogP contribution in [0.2, 0.25) is 0 Å². The summed E-state index contributed by atoms with van der Waals surface area (Å²) in [5.74, 6) is 0.208. The summed E-state index contributed by atoms with van der Waals surface area (Å²) in [5, 5.41) is 5.29. The molecule has 1 atom stereocenters. The van der Waals surface area contributed by atoms with Crippen molar-refractivity contribution in [3.8, 4) is 0 Å². The van der Waals surface area contributed by atoms with Gasteiger partial charge in [0, 0.05) is 10.9 Å². The van der Waals surface area contributed by atoms with E-state index in [-0.39, 0.29) is 11.8 Å². The molecule has 1 aliphatic rings. The van der Waals surface area contributed by atoms with E-state index in [9.17, 15) is 8.42 Å². The molecule has 1 aliphatic carbocycles. The normalized spacial score (nSPS) is 18.9. The second-order valence-corrected chi connectivity index (χ2v) is 8.16. The van der Waals surface area contributed by atoms with Crippen LogP contribution in [0.25, 0.3) is 0 Å². The number of fused-ring (bicyclic) bond motifs is 1. The average Bonchev–Trinajstić information content (AvgIpc) is 2.87. The van der Waals surface area contributed by atoms with Crippen LogP contribution in [0.15, 0.2) is 11.4 Å². The Bertz CT molecular complexity index is 511. The molecule has 0 spiro atoms. The van der Waals surface area contributed by atoms with Crippen LogP contribution in [-0.4, -0.2) is 27.3 Å². The van der Waals surface area contributed by atoms with Crippen molar-refractivity contribution in [3.63, 3.8) is 0 Å². The summed E-state index contributed by atoms with van der Waals surface area (Å²) >= 11 is 1.74. The lowest BCUT2D eigenvalue weighted by atomic mass is 9.95. The van der Waals surface area contributed by atoms with Crippen molar-refractivity contribution in [1.29, 1.82) is 0 Å². The largest absolute Gasteiger partial charge is 0.317 e. The molecule has 2 rings (SSSR count). The molecular weight excluding hydrogens is 292 g/mol. The van der Waals surface area contributed by atoms with E-state index in [4.69, 9.17) is 0 Å². The van der Waals surface area contributed by atoms with Gasteiger partial charge in [0.15, 0.2) is 0 Å². The molecule has 2 N–H and O–H groups in total. The van der Waals surface area contributed by atoms with E-state index in [1.54, 1.807) is 11.3 Å². The van der Waals surface area contributed by atoms with E-state index in [0.717, 1.165) is 38.8 Å². The molecule has 0 saturated carbocycles. The molecule has 114 valence electrons. The molecule has 6 heteroatoms. The van der Waals surface area contributed by atoms with Crippen LogP contribution in [0, 0.1) is 0 Å². The van der Waals surface area contributed by atoms with Crippen molar-refractivity contribution in [3.05, 3.63) is 21.9 Å². The summed E-state index contributed by atoms with van der Waals surface area (Å²) in [5.41, 5.74) is 1.19. The number of thiophene rings is 1. The van der Waals surface area contributed by atoms with E-state index in [2.05, 4.69) is 28.4 Å². The highest BCUT2D eigenvalue weighted by Gasteiger charge is 2.25. The van der Waals surface area contributed by atoms with Gasteiger partial charge in [0.05, 0.1) is 5.75 Å². The van der Waals surface area contributed by atoms with E-state index in [0.29, 0.717) is 6.42 Å². The Balaban J connectivity index is 1.84. The van der Waals surface area contributed by atoms with Crippen molar-refractivity contribution < 1.29 is 8.42 Å². The molecular formula is C14H24N2O2S2. The molecule has 4 nitrogen and oxygen atoms in total.